The molecule has 0 N–H and O–H groups in total. The second kappa shape index (κ2) is 6.91. The molecule has 1 atom stereocenters. The van der Waals surface area contributed by atoms with Crippen LogP contribution in [0.15, 0.2) is 65.9 Å². The molecule has 1 aliphatic heterocycles. The van der Waals surface area contributed by atoms with E-state index in [1.165, 1.54) is 16.7 Å². The highest BCUT2D eigenvalue weighted by molar-refractivity contribution is 5.96. The predicted molar refractivity (Wildman–Crippen MR) is 97.2 cm³/mol. The maximum atomic E-state index is 12.0. The van der Waals surface area contributed by atoms with Crippen LogP contribution in [-0.4, -0.2) is 38.9 Å². The summed E-state index contributed by atoms with van der Waals surface area (Å²) in [5, 5.41) is 14.3. The summed E-state index contributed by atoms with van der Waals surface area (Å²) in [4.78, 5) is 13.5. The fourth-order valence-corrected chi connectivity index (χ4v) is 2.68. The lowest BCUT2D eigenvalue weighted by Gasteiger charge is -2.16. The summed E-state index contributed by atoms with van der Waals surface area (Å²) in [6.07, 6.45) is 0.803. The van der Waals surface area contributed by atoms with Crippen molar-refractivity contribution in [2.24, 2.45) is 5.10 Å². The highest BCUT2D eigenvalue weighted by atomic mass is 16.5. The summed E-state index contributed by atoms with van der Waals surface area (Å²) in [6, 6.07) is 16.7. The number of benzene rings is 2. The molecule has 0 saturated heterocycles. The topological polar surface area (TPSA) is 81.8 Å². The lowest BCUT2D eigenvalue weighted by molar-refractivity contribution is -0.135. The summed E-state index contributed by atoms with van der Waals surface area (Å²) in [6.45, 7) is 1.43. The largest absolute Gasteiger partial charge is 0.497 e. The number of aromatic nitrogens is 3. The maximum absolute atomic E-state index is 12.0. The second-order valence-corrected chi connectivity index (χ2v) is 5.86. The molecule has 4 rings (SSSR count). The smallest absolute Gasteiger partial charge is 0.243 e. The van der Waals surface area contributed by atoms with Crippen LogP contribution in [0.1, 0.15) is 24.4 Å². The van der Waals surface area contributed by atoms with E-state index in [1.54, 1.807) is 25.4 Å². The zero-order chi connectivity index (χ0) is 18.8. The third-order valence-electron chi connectivity index (χ3n) is 4.05. The van der Waals surface area contributed by atoms with Crippen molar-refractivity contribution in [2.75, 3.05) is 7.11 Å². The van der Waals surface area contributed by atoms with Gasteiger partial charge in [-0.05, 0) is 36.4 Å². The molecule has 0 fully saturated rings. The number of ether oxygens (including phenoxy) is 2. The molecule has 0 bridgehead atoms. The van der Waals surface area contributed by atoms with Gasteiger partial charge in [-0.2, -0.15) is 14.9 Å². The summed E-state index contributed by atoms with van der Waals surface area (Å²) >= 11 is 0. The lowest BCUT2D eigenvalue weighted by Crippen LogP contribution is -2.25. The number of nitrogens with zero attached hydrogens (tertiary/aromatic N) is 5. The van der Waals surface area contributed by atoms with Crippen LogP contribution in [0.5, 0.6) is 5.75 Å². The average molecular weight is 363 g/mol. The Balaban J connectivity index is 1.62. The van der Waals surface area contributed by atoms with Gasteiger partial charge in [-0.3, -0.25) is 4.79 Å². The van der Waals surface area contributed by atoms with Gasteiger partial charge in [-0.25, -0.2) is 0 Å². The summed E-state index contributed by atoms with van der Waals surface area (Å²) in [5.74, 6) is 0.813. The molecule has 2 aromatic carbocycles. The fraction of sp³-hybridized carbons (Fsp3) is 0.158. The number of carbonyl (C=O) groups is 1. The minimum Gasteiger partial charge on any atom is -0.497 e. The molecule has 27 heavy (non-hydrogen) atoms. The first-order valence-electron chi connectivity index (χ1n) is 8.33. The van der Waals surface area contributed by atoms with Gasteiger partial charge < -0.3 is 9.47 Å². The molecular weight excluding hydrogens is 346 g/mol. The molecule has 1 aliphatic rings. The van der Waals surface area contributed by atoms with Gasteiger partial charge in [-0.15, -0.1) is 10.2 Å². The number of hydrazone groups is 1. The minimum absolute atomic E-state index is 0.252. The van der Waals surface area contributed by atoms with E-state index >= 15 is 0 Å². The minimum atomic E-state index is -0.767. The molecule has 0 saturated carbocycles. The molecule has 1 amide bonds. The third kappa shape index (κ3) is 3.24. The van der Waals surface area contributed by atoms with Gasteiger partial charge in [-0.1, -0.05) is 18.2 Å². The van der Waals surface area contributed by atoms with Gasteiger partial charge in [0, 0.05) is 12.5 Å². The molecule has 8 heteroatoms. The predicted octanol–water partition coefficient (Wildman–Crippen LogP) is 2.52. The number of carbonyl (C=O) groups excluding carboxylic acids is 1. The van der Waals surface area contributed by atoms with Gasteiger partial charge in [0.2, 0.25) is 18.0 Å². The zero-order valence-corrected chi connectivity index (χ0v) is 14.8. The van der Waals surface area contributed by atoms with Crippen molar-refractivity contribution in [2.45, 2.75) is 13.2 Å². The van der Waals surface area contributed by atoms with Crippen molar-refractivity contribution in [1.82, 2.24) is 20.0 Å². The van der Waals surface area contributed by atoms with E-state index in [0.717, 1.165) is 17.0 Å². The molecule has 8 nitrogen and oxygen atoms in total. The normalized spacial score (nSPS) is 16.0. The van der Waals surface area contributed by atoms with Crippen LogP contribution < -0.4 is 4.74 Å². The fourth-order valence-electron chi connectivity index (χ4n) is 2.68. The van der Waals surface area contributed by atoms with Crippen LogP contribution in [0.4, 0.5) is 0 Å². The quantitative estimate of drug-likeness (QED) is 0.711. The summed E-state index contributed by atoms with van der Waals surface area (Å²) in [7, 11) is 1.60. The first kappa shape index (κ1) is 16.8. The Morgan fingerprint density at radius 3 is 2.52 bits per heavy atom. The first-order chi connectivity index (χ1) is 13.2. The van der Waals surface area contributed by atoms with Crippen LogP contribution in [0.25, 0.3) is 5.69 Å². The lowest BCUT2D eigenvalue weighted by atomic mass is 10.2. The standard InChI is InChI=1S/C19H17N5O3/c1-13(25)23-19(17-12-20-24(21-17)15-6-4-3-5-7-15)27-18(22-23)14-8-10-16(26-2)11-9-14/h3-12,19H,1-2H3. The summed E-state index contributed by atoms with van der Waals surface area (Å²) in [5.41, 5.74) is 2.04. The van der Waals surface area contributed by atoms with Crippen LogP contribution in [-0.2, 0) is 9.53 Å². The number of methoxy groups -OCH3 is 1. The monoisotopic (exact) mass is 363 g/mol. The van der Waals surface area contributed by atoms with Gasteiger partial charge in [0.25, 0.3) is 0 Å². The number of hydrogen-bond donors (Lipinski definition) is 0. The van der Waals surface area contributed by atoms with Crippen molar-refractivity contribution >= 4 is 11.8 Å². The molecule has 0 aliphatic carbocycles. The Labute approximate surface area is 155 Å². The van der Waals surface area contributed by atoms with Gasteiger partial charge in [0.15, 0.2) is 0 Å². The first-order valence-corrected chi connectivity index (χ1v) is 8.33. The molecule has 0 spiro atoms. The molecule has 1 unspecified atom stereocenters. The molecular formula is C19H17N5O3. The van der Waals surface area contributed by atoms with Crippen molar-refractivity contribution < 1.29 is 14.3 Å². The van der Waals surface area contributed by atoms with Crippen molar-refractivity contribution in [3.8, 4) is 11.4 Å². The number of para-hydroxylation sites is 1. The maximum Gasteiger partial charge on any atom is 0.243 e. The van der Waals surface area contributed by atoms with Gasteiger partial charge in [0.05, 0.1) is 19.0 Å². The van der Waals surface area contributed by atoms with Gasteiger partial charge in [0.1, 0.15) is 11.4 Å². The van der Waals surface area contributed by atoms with Crippen LogP contribution in [0.2, 0.25) is 0 Å². The van der Waals surface area contributed by atoms with E-state index in [2.05, 4.69) is 15.3 Å². The van der Waals surface area contributed by atoms with Crippen LogP contribution in [0, 0.1) is 0 Å². The Kier molecular flexibility index (Phi) is 4.29. The van der Waals surface area contributed by atoms with Crippen LogP contribution >= 0.6 is 0 Å². The average Bonchev–Trinajstić information content (AvgIpc) is 3.36. The number of rotatable bonds is 4. The molecule has 1 aromatic heterocycles. The Morgan fingerprint density at radius 1 is 1.11 bits per heavy atom. The number of amides is 1. The van der Waals surface area contributed by atoms with E-state index in [1.807, 2.05) is 42.5 Å². The van der Waals surface area contributed by atoms with E-state index < -0.39 is 6.23 Å². The molecule has 2 heterocycles. The van der Waals surface area contributed by atoms with E-state index in [4.69, 9.17) is 9.47 Å². The van der Waals surface area contributed by atoms with Crippen molar-refractivity contribution in [3.63, 3.8) is 0 Å². The molecule has 0 radical (unpaired) electrons. The van der Waals surface area contributed by atoms with Crippen molar-refractivity contribution in [1.29, 1.82) is 0 Å². The van der Waals surface area contributed by atoms with Crippen molar-refractivity contribution in [3.05, 3.63) is 72.1 Å². The molecule has 3 aromatic rings. The summed E-state index contributed by atoms with van der Waals surface area (Å²) < 4.78 is 11.1. The zero-order valence-electron chi connectivity index (χ0n) is 14.8. The van der Waals surface area contributed by atoms with Crippen LogP contribution in [0.3, 0.4) is 0 Å². The Bertz CT molecular complexity index is 982. The van der Waals surface area contributed by atoms with Gasteiger partial charge >= 0.3 is 0 Å². The highest BCUT2D eigenvalue weighted by Gasteiger charge is 2.35. The van der Waals surface area contributed by atoms with E-state index in [0.29, 0.717) is 11.6 Å². The Hall–Kier alpha value is -3.68. The third-order valence-corrected chi connectivity index (χ3v) is 4.05. The second-order valence-electron chi connectivity index (χ2n) is 5.86. The highest BCUT2D eigenvalue weighted by Crippen LogP contribution is 2.29. The Morgan fingerprint density at radius 2 is 1.85 bits per heavy atom. The van der Waals surface area contributed by atoms with E-state index in [9.17, 15) is 4.79 Å². The van der Waals surface area contributed by atoms with E-state index in [-0.39, 0.29) is 5.91 Å². The number of hydrogen-bond acceptors (Lipinski definition) is 6. The molecule has 136 valence electrons. The SMILES string of the molecule is COc1ccc(C2=NN(C(C)=O)C(c3cnn(-c4ccccc4)n3)O2)cc1.